The molecule has 0 aliphatic carbocycles. The van der Waals surface area contributed by atoms with Crippen LogP contribution >= 0.6 is 0 Å². The number of aromatic nitrogens is 1. The fraction of sp³-hybridized carbons (Fsp3) is 0.333. The third-order valence-electron chi connectivity index (χ3n) is 1.69. The third-order valence-corrected chi connectivity index (χ3v) is 2.85. The number of rotatable bonds is 6. The maximum Gasteiger partial charge on any atom is 0.415 e. The average Bonchev–Trinajstić information content (AvgIpc) is 2.81. The van der Waals surface area contributed by atoms with Crippen LogP contribution < -0.4 is 0 Å². The summed E-state index contributed by atoms with van der Waals surface area (Å²) in [7, 11) is 1.33. The molecule has 0 aliphatic heterocycles. The van der Waals surface area contributed by atoms with Crippen LogP contribution in [-0.2, 0) is 16.0 Å². The van der Waals surface area contributed by atoms with Crippen LogP contribution in [0.15, 0.2) is 32.9 Å². The Kier molecular flexibility index (Phi) is 5.72. The van der Waals surface area contributed by atoms with E-state index in [0.29, 0.717) is 0 Å². The van der Waals surface area contributed by atoms with Gasteiger partial charge >= 0.3 is 11.3 Å². The average molecular weight is 282 g/mol. The van der Waals surface area contributed by atoms with Gasteiger partial charge in [0.25, 0.3) is 0 Å². The van der Waals surface area contributed by atoms with Gasteiger partial charge in [0.1, 0.15) is 19.1 Å². The number of oxime groups is 1. The molecule has 0 saturated carbocycles. The summed E-state index contributed by atoms with van der Waals surface area (Å²) >= 11 is -1.79. The summed E-state index contributed by atoms with van der Waals surface area (Å²) in [5.41, 5.74) is 0. The van der Waals surface area contributed by atoms with E-state index in [-0.39, 0.29) is 16.7 Å². The standard InChI is InChI=1S/C9H9F3N2O3S/c1-16-14-5-6-4-13-9(17-6)18(15)3-2-7(10)8(11)12/h4-5H,2-3H2,1H3. The largest absolute Gasteiger partial charge is 0.608 e. The number of hydrogen-bond donors (Lipinski definition) is 0. The van der Waals surface area contributed by atoms with Gasteiger partial charge in [0.15, 0.2) is 11.6 Å². The molecule has 0 radical (unpaired) electrons. The molecule has 5 nitrogen and oxygen atoms in total. The van der Waals surface area contributed by atoms with Crippen LogP contribution in [0.5, 0.6) is 0 Å². The monoisotopic (exact) mass is 282 g/mol. The molecule has 1 aromatic rings. The molecule has 1 atom stereocenters. The van der Waals surface area contributed by atoms with Gasteiger partial charge in [-0.05, 0) is 0 Å². The van der Waals surface area contributed by atoms with Crippen LogP contribution in [0.4, 0.5) is 13.2 Å². The van der Waals surface area contributed by atoms with E-state index in [1.807, 2.05) is 0 Å². The zero-order chi connectivity index (χ0) is 13.5. The van der Waals surface area contributed by atoms with E-state index in [9.17, 15) is 17.7 Å². The van der Waals surface area contributed by atoms with Crippen LogP contribution in [0.1, 0.15) is 12.2 Å². The minimum atomic E-state index is -2.41. The summed E-state index contributed by atoms with van der Waals surface area (Å²) in [4.78, 5) is 8.04. The molecule has 0 aliphatic rings. The molecule has 0 saturated heterocycles. The van der Waals surface area contributed by atoms with E-state index in [1.165, 1.54) is 19.5 Å². The second kappa shape index (κ2) is 7.07. The fourth-order valence-corrected chi connectivity index (χ4v) is 1.80. The van der Waals surface area contributed by atoms with E-state index in [0.717, 1.165) is 0 Å². The van der Waals surface area contributed by atoms with Gasteiger partial charge < -0.3 is 13.8 Å². The van der Waals surface area contributed by atoms with E-state index >= 15 is 0 Å². The van der Waals surface area contributed by atoms with Crippen LogP contribution in [0.3, 0.4) is 0 Å². The molecule has 100 valence electrons. The van der Waals surface area contributed by atoms with E-state index < -0.39 is 29.5 Å². The third kappa shape index (κ3) is 4.41. The quantitative estimate of drug-likeness (QED) is 0.455. The van der Waals surface area contributed by atoms with Gasteiger partial charge in [0.2, 0.25) is 0 Å². The number of nitrogens with zero attached hydrogens (tertiary/aromatic N) is 2. The highest BCUT2D eigenvalue weighted by atomic mass is 32.2. The Morgan fingerprint density at radius 2 is 2.33 bits per heavy atom. The lowest BCUT2D eigenvalue weighted by molar-refractivity contribution is 0.214. The fourth-order valence-electron chi connectivity index (χ4n) is 0.904. The topological polar surface area (TPSA) is 70.7 Å². The Morgan fingerprint density at radius 3 is 2.94 bits per heavy atom. The molecule has 9 heteroatoms. The first-order chi connectivity index (χ1) is 8.54. The van der Waals surface area contributed by atoms with E-state index in [1.54, 1.807) is 0 Å². The molecular formula is C9H9F3N2O3S. The van der Waals surface area contributed by atoms with Crippen molar-refractivity contribution in [3.63, 3.8) is 0 Å². The van der Waals surface area contributed by atoms with Crippen molar-refractivity contribution in [1.82, 2.24) is 4.98 Å². The maximum atomic E-state index is 12.5. The maximum absolute atomic E-state index is 12.5. The van der Waals surface area contributed by atoms with Crippen molar-refractivity contribution in [3.8, 4) is 0 Å². The zero-order valence-corrected chi connectivity index (χ0v) is 10.0. The summed E-state index contributed by atoms with van der Waals surface area (Å²) in [5, 5.41) is 3.21. The first-order valence-electron chi connectivity index (χ1n) is 4.65. The molecule has 1 aromatic heterocycles. The van der Waals surface area contributed by atoms with Gasteiger partial charge in [-0.1, -0.05) is 5.16 Å². The van der Waals surface area contributed by atoms with Gasteiger partial charge in [-0.15, -0.1) is 0 Å². The van der Waals surface area contributed by atoms with Crippen molar-refractivity contribution in [3.05, 3.63) is 23.9 Å². The van der Waals surface area contributed by atoms with Crippen molar-refractivity contribution in [2.75, 3.05) is 12.9 Å². The van der Waals surface area contributed by atoms with Crippen molar-refractivity contribution in [1.29, 1.82) is 0 Å². The Bertz CT molecular complexity index is 446. The normalized spacial score (nSPS) is 12.7. The molecule has 0 spiro atoms. The Hall–Kier alpha value is -1.48. The highest BCUT2D eigenvalue weighted by Gasteiger charge is 2.20. The lowest BCUT2D eigenvalue weighted by Crippen LogP contribution is -2.07. The van der Waals surface area contributed by atoms with Gasteiger partial charge in [-0.2, -0.15) is 13.8 Å². The van der Waals surface area contributed by atoms with Crippen molar-refractivity contribution < 1.29 is 27.0 Å². The molecular weight excluding hydrogens is 273 g/mol. The number of hydrogen-bond acceptors (Lipinski definition) is 5. The Morgan fingerprint density at radius 1 is 1.61 bits per heavy atom. The molecule has 0 bridgehead atoms. The van der Waals surface area contributed by atoms with Crippen LogP contribution in [0, 0.1) is 0 Å². The summed E-state index contributed by atoms with van der Waals surface area (Å²) in [6, 6.07) is 0. The van der Waals surface area contributed by atoms with Crippen molar-refractivity contribution in [2.24, 2.45) is 5.16 Å². The molecule has 1 heterocycles. The summed E-state index contributed by atoms with van der Waals surface area (Å²) in [6.07, 6.45) is -0.626. The molecule has 0 N–H and O–H groups in total. The van der Waals surface area contributed by atoms with E-state index in [4.69, 9.17) is 4.42 Å². The highest BCUT2D eigenvalue weighted by molar-refractivity contribution is 7.91. The predicted octanol–water partition coefficient (Wildman–Crippen LogP) is 2.23. The van der Waals surface area contributed by atoms with Gasteiger partial charge in [-0.25, -0.2) is 4.39 Å². The van der Waals surface area contributed by atoms with Crippen LogP contribution in [-0.4, -0.2) is 28.6 Å². The SMILES string of the molecule is CON=Cc1cnc([S+]([O-])CCC(F)=C(F)F)o1. The van der Waals surface area contributed by atoms with Gasteiger partial charge in [-0.3, -0.25) is 0 Å². The molecule has 0 aromatic carbocycles. The Balaban J connectivity index is 2.57. The first-order valence-corrected chi connectivity index (χ1v) is 5.97. The minimum Gasteiger partial charge on any atom is -0.608 e. The minimum absolute atomic E-state index is 0.181. The second-order valence-corrected chi connectivity index (χ2v) is 4.36. The number of allylic oxidation sites excluding steroid dienone is 1. The lowest BCUT2D eigenvalue weighted by atomic mass is 10.4. The number of halogens is 3. The van der Waals surface area contributed by atoms with Crippen LogP contribution in [0.25, 0.3) is 0 Å². The van der Waals surface area contributed by atoms with Gasteiger partial charge in [0.05, 0.1) is 12.6 Å². The molecule has 18 heavy (non-hydrogen) atoms. The Labute approximate surface area is 103 Å². The zero-order valence-electron chi connectivity index (χ0n) is 9.23. The van der Waals surface area contributed by atoms with Gasteiger partial charge in [0, 0.05) is 11.2 Å². The summed E-state index contributed by atoms with van der Waals surface area (Å²) in [5.74, 6) is -1.74. The predicted molar refractivity (Wildman–Crippen MR) is 57.3 cm³/mol. The molecule has 0 fully saturated rings. The van der Waals surface area contributed by atoms with E-state index in [2.05, 4.69) is 15.0 Å². The van der Waals surface area contributed by atoms with Crippen molar-refractivity contribution >= 4 is 17.4 Å². The summed E-state index contributed by atoms with van der Waals surface area (Å²) in [6.45, 7) is 0. The number of oxazole rings is 1. The first kappa shape index (κ1) is 14.6. The second-order valence-electron chi connectivity index (χ2n) is 2.91. The smallest absolute Gasteiger partial charge is 0.415 e. The highest BCUT2D eigenvalue weighted by Crippen LogP contribution is 2.17. The lowest BCUT2D eigenvalue weighted by Gasteiger charge is -2.03. The molecule has 0 amide bonds. The van der Waals surface area contributed by atoms with Crippen LogP contribution in [0.2, 0.25) is 0 Å². The summed E-state index contributed by atoms with van der Waals surface area (Å²) < 4.78 is 52.5. The molecule has 1 unspecified atom stereocenters. The van der Waals surface area contributed by atoms with Crippen molar-refractivity contribution in [2.45, 2.75) is 11.6 Å². The molecule has 1 rings (SSSR count).